The van der Waals surface area contributed by atoms with E-state index < -0.39 is 17.8 Å². The summed E-state index contributed by atoms with van der Waals surface area (Å²) in [5, 5.41) is 12.1. The second-order valence-electron chi connectivity index (χ2n) is 5.94. The number of carbonyl (C=O) groups is 2. The van der Waals surface area contributed by atoms with Crippen LogP contribution in [0, 0.1) is 31.6 Å². The molecule has 2 rings (SSSR count). The fraction of sp³-hybridized carbons (Fsp3) is 0.500. The largest absolute Gasteiger partial charge is 0.481 e. The quantitative estimate of drug-likeness (QED) is 0.891. The highest BCUT2D eigenvalue weighted by Gasteiger charge is 2.41. The molecule has 108 valence electrons. The maximum atomic E-state index is 12.4. The Bertz CT molecular complexity index is 539. The van der Waals surface area contributed by atoms with E-state index in [1.165, 1.54) is 0 Å². The number of aliphatic carboxylic acids is 1. The molecule has 0 saturated heterocycles. The predicted octanol–water partition coefficient (Wildman–Crippen LogP) is 2.99. The summed E-state index contributed by atoms with van der Waals surface area (Å²) >= 11 is 0. The summed E-state index contributed by atoms with van der Waals surface area (Å²) in [7, 11) is 0. The summed E-state index contributed by atoms with van der Waals surface area (Å²) in [6.45, 7) is 5.90. The standard InChI is InChI=1S/C16H21NO3/c1-9-4-5-11(3)14(8-9)17-15(18)12-6-10(2)7-13(12)16(19)20/h4-5,8,10,12-13H,6-7H2,1-3H3,(H,17,18)(H,19,20). The molecular formula is C16H21NO3. The lowest BCUT2D eigenvalue weighted by atomic mass is 9.95. The minimum Gasteiger partial charge on any atom is -0.481 e. The van der Waals surface area contributed by atoms with Crippen molar-refractivity contribution < 1.29 is 14.7 Å². The first kappa shape index (κ1) is 14.6. The van der Waals surface area contributed by atoms with Gasteiger partial charge in [0.15, 0.2) is 0 Å². The van der Waals surface area contributed by atoms with Gasteiger partial charge in [-0.05, 0) is 49.8 Å². The van der Waals surface area contributed by atoms with Gasteiger partial charge in [0.1, 0.15) is 0 Å². The number of aryl methyl sites for hydroxylation is 2. The van der Waals surface area contributed by atoms with Crippen molar-refractivity contribution >= 4 is 17.6 Å². The van der Waals surface area contributed by atoms with E-state index in [4.69, 9.17) is 0 Å². The summed E-state index contributed by atoms with van der Waals surface area (Å²) < 4.78 is 0. The molecule has 1 aliphatic rings. The fourth-order valence-corrected chi connectivity index (χ4v) is 2.95. The van der Waals surface area contributed by atoms with Crippen molar-refractivity contribution in [3.63, 3.8) is 0 Å². The van der Waals surface area contributed by atoms with Crippen molar-refractivity contribution in [2.45, 2.75) is 33.6 Å². The van der Waals surface area contributed by atoms with Crippen LogP contribution in [0.1, 0.15) is 30.9 Å². The molecular weight excluding hydrogens is 254 g/mol. The van der Waals surface area contributed by atoms with Gasteiger partial charge in [-0.2, -0.15) is 0 Å². The van der Waals surface area contributed by atoms with Gasteiger partial charge in [-0.25, -0.2) is 0 Å². The molecule has 0 aromatic heterocycles. The molecule has 1 fully saturated rings. The zero-order valence-corrected chi connectivity index (χ0v) is 12.1. The van der Waals surface area contributed by atoms with Crippen LogP contribution in [-0.4, -0.2) is 17.0 Å². The van der Waals surface area contributed by atoms with Crippen LogP contribution in [0.15, 0.2) is 18.2 Å². The van der Waals surface area contributed by atoms with Gasteiger partial charge in [-0.15, -0.1) is 0 Å². The Kier molecular flexibility index (Phi) is 4.12. The summed E-state index contributed by atoms with van der Waals surface area (Å²) in [4.78, 5) is 23.6. The smallest absolute Gasteiger partial charge is 0.307 e. The Hall–Kier alpha value is -1.84. The highest BCUT2D eigenvalue weighted by molar-refractivity contribution is 5.96. The third kappa shape index (κ3) is 3.00. The molecule has 20 heavy (non-hydrogen) atoms. The van der Waals surface area contributed by atoms with Gasteiger partial charge in [-0.3, -0.25) is 9.59 Å². The van der Waals surface area contributed by atoms with Gasteiger partial charge in [0, 0.05) is 5.69 Å². The number of carboxylic acid groups (broad SMARTS) is 1. The molecule has 0 bridgehead atoms. The Morgan fingerprint density at radius 1 is 1.20 bits per heavy atom. The zero-order chi connectivity index (χ0) is 14.9. The maximum absolute atomic E-state index is 12.4. The van der Waals surface area contributed by atoms with Crippen LogP contribution in [0.5, 0.6) is 0 Å². The van der Waals surface area contributed by atoms with E-state index in [1.54, 1.807) is 0 Å². The maximum Gasteiger partial charge on any atom is 0.307 e. The minimum atomic E-state index is -0.865. The molecule has 0 heterocycles. The van der Waals surface area contributed by atoms with Crippen molar-refractivity contribution in [1.29, 1.82) is 0 Å². The average molecular weight is 275 g/mol. The van der Waals surface area contributed by atoms with Gasteiger partial charge in [0.05, 0.1) is 11.8 Å². The molecule has 1 saturated carbocycles. The SMILES string of the molecule is Cc1ccc(C)c(NC(=O)C2CC(C)CC2C(=O)O)c1. The van der Waals surface area contributed by atoms with Crippen LogP contribution in [0.3, 0.4) is 0 Å². The van der Waals surface area contributed by atoms with Gasteiger partial charge in [-0.1, -0.05) is 19.1 Å². The summed E-state index contributed by atoms with van der Waals surface area (Å²) in [6, 6.07) is 5.86. The summed E-state index contributed by atoms with van der Waals surface area (Å²) in [6.07, 6.45) is 1.23. The van der Waals surface area contributed by atoms with Crippen LogP contribution >= 0.6 is 0 Å². The number of nitrogens with one attached hydrogen (secondary N) is 1. The molecule has 0 radical (unpaired) electrons. The van der Waals surface area contributed by atoms with Crippen molar-refractivity contribution in [3.8, 4) is 0 Å². The van der Waals surface area contributed by atoms with E-state index in [0.29, 0.717) is 12.8 Å². The first-order valence-electron chi connectivity index (χ1n) is 6.99. The second-order valence-corrected chi connectivity index (χ2v) is 5.94. The van der Waals surface area contributed by atoms with Crippen molar-refractivity contribution in [2.24, 2.45) is 17.8 Å². The molecule has 0 spiro atoms. The van der Waals surface area contributed by atoms with Gasteiger partial charge in [0.25, 0.3) is 0 Å². The van der Waals surface area contributed by atoms with E-state index in [1.807, 2.05) is 39.0 Å². The lowest BCUT2D eigenvalue weighted by molar-refractivity contribution is -0.145. The second kappa shape index (κ2) is 5.65. The molecule has 1 aromatic rings. The molecule has 1 amide bonds. The van der Waals surface area contributed by atoms with Gasteiger partial charge < -0.3 is 10.4 Å². The molecule has 4 heteroatoms. The summed E-state index contributed by atoms with van der Waals surface area (Å²) in [5.74, 6) is -1.74. The highest BCUT2D eigenvalue weighted by atomic mass is 16.4. The Labute approximate surface area is 119 Å². The molecule has 0 aliphatic heterocycles. The number of hydrogen-bond donors (Lipinski definition) is 2. The number of rotatable bonds is 3. The van der Waals surface area contributed by atoms with Crippen LogP contribution in [0.25, 0.3) is 0 Å². The Morgan fingerprint density at radius 3 is 2.50 bits per heavy atom. The van der Waals surface area contributed by atoms with E-state index in [-0.39, 0.29) is 11.8 Å². The third-order valence-electron chi connectivity index (χ3n) is 4.10. The number of benzene rings is 1. The van der Waals surface area contributed by atoms with E-state index in [2.05, 4.69) is 5.32 Å². The molecule has 3 atom stereocenters. The van der Waals surface area contributed by atoms with E-state index in [0.717, 1.165) is 16.8 Å². The van der Waals surface area contributed by atoms with Crippen LogP contribution in [0.4, 0.5) is 5.69 Å². The Balaban J connectivity index is 2.15. The van der Waals surface area contributed by atoms with Gasteiger partial charge >= 0.3 is 5.97 Å². The number of carboxylic acids is 1. The van der Waals surface area contributed by atoms with Gasteiger partial charge in [0.2, 0.25) is 5.91 Å². The first-order chi connectivity index (χ1) is 9.38. The number of anilines is 1. The molecule has 1 aliphatic carbocycles. The molecule has 2 N–H and O–H groups in total. The number of carbonyl (C=O) groups excluding carboxylic acids is 1. The molecule has 3 unspecified atom stereocenters. The number of hydrogen-bond acceptors (Lipinski definition) is 2. The predicted molar refractivity (Wildman–Crippen MR) is 77.6 cm³/mol. The first-order valence-corrected chi connectivity index (χ1v) is 6.99. The lowest BCUT2D eigenvalue weighted by Crippen LogP contribution is -2.30. The fourth-order valence-electron chi connectivity index (χ4n) is 2.95. The van der Waals surface area contributed by atoms with Crippen molar-refractivity contribution in [2.75, 3.05) is 5.32 Å². The number of amides is 1. The normalized spacial score (nSPS) is 25.4. The zero-order valence-electron chi connectivity index (χ0n) is 12.1. The average Bonchev–Trinajstić information content (AvgIpc) is 2.76. The van der Waals surface area contributed by atoms with Crippen LogP contribution in [-0.2, 0) is 9.59 Å². The third-order valence-corrected chi connectivity index (χ3v) is 4.10. The topological polar surface area (TPSA) is 66.4 Å². The van der Waals surface area contributed by atoms with Crippen molar-refractivity contribution in [1.82, 2.24) is 0 Å². The molecule has 1 aromatic carbocycles. The van der Waals surface area contributed by atoms with Crippen molar-refractivity contribution in [3.05, 3.63) is 29.3 Å². The molecule has 4 nitrogen and oxygen atoms in total. The van der Waals surface area contributed by atoms with Crippen LogP contribution < -0.4 is 5.32 Å². The van der Waals surface area contributed by atoms with E-state index >= 15 is 0 Å². The lowest BCUT2D eigenvalue weighted by Gasteiger charge is -2.17. The summed E-state index contributed by atoms with van der Waals surface area (Å²) in [5.41, 5.74) is 2.83. The Morgan fingerprint density at radius 2 is 1.85 bits per heavy atom. The van der Waals surface area contributed by atoms with E-state index in [9.17, 15) is 14.7 Å². The minimum absolute atomic E-state index is 0.171. The highest BCUT2D eigenvalue weighted by Crippen LogP contribution is 2.37. The monoisotopic (exact) mass is 275 g/mol. The van der Waals surface area contributed by atoms with Crippen LogP contribution in [0.2, 0.25) is 0 Å².